The smallest absolute Gasteiger partial charge is 0.101 e. The molecule has 0 radical (unpaired) electrons. The van der Waals surface area contributed by atoms with E-state index in [1.54, 1.807) is 0 Å². The van der Waals surface area contributed by atoms with E-state index in [-0.39, 0.29) is 13.2 Å². The van der Waals surface area contributed by atoms with Gasteiger partial charge in [-0.2, -0.15) is 0 Å². The van der Waals surface area contributed by atoms with E-state index in [0.29, 0.717) is 0 Å². The van der Waals surface area contributed by atoms with Crippen LogP contribution in [0.1, 0.15) is 12.8 Å². The molecule has 3 N–H and O–H groups in total. The van der Waals surface area contributed by atoms with Crippen LogP contribution in [0.3, 0.4) is 0 Å². The van der Waals surface area contributed by atoms with E-state index in [1.165, 1.54) is 17.7 Å². The van der Waals surface area contributed by atoms with Crippen LogP contribution in [-0.2, 0) is 0 Å². The lowest BCUT2D eigenvalue weighted by molar-refractivity contribution is -0.904. The number of hydrogen-bond acceptors (Lipinski definition) is 2. The maximum atomic E-state index is 8.95. The van der Waals surface area contributed by atoms with Crippen LogP contribution in [-0.4, -0.2) is 43.1 Å². The van der Waals surface area contributed by atoms with Gasteiger partial charge in [-0.05, 0) is 24.7 Å². The summed E-state index contributed by atoms with van der Waals surface area (Å²) < 4.78 is 0. The van der Waals surface area contributed by atoms with Gasteiger partial charge in [-0.1, -0.05) is 12.2 Å². The van der Waals surface area contributed by atoms with Gasteiger partial charge in [-0.3, -0.25) is 0 Å². The van der Waals surface area contributed by atoms with Crippen LogP contribution >= 0.6 is 0 Å². The minimum atomic E-state index is 0.228. The summed E-state index contributed by atoms with van der Waals surface area (Å²) in [5, 5.41) is 17.9. The second-order valence-corrected chi connectivity index (χ2v) is 4.94. The zero-order chi connectivity index (χ0) is 10.7. The highest BCUT2D eigenvalue weighted by Gasteiger charge is 2.37. The van der Waals surface area contributed by atoms with Crippen LogP contribution in [0.4, 0.5) is 0 Å². The molecule has 2 aliphatic carbocycles. The maximum Gasteiger partial charge on any atom is 0.101 e. The standard InChI is InChI=1S/C12H21NO2/c14-5-3-13(4-6-15)9-12-8-10-1-2-11(12)7-10/h1-2,10-12,14-15H,3-9H2/p+1/t10-,11+,12+/m1/s1. The van der Waals surface area contributed by atoms with Crippen molar-refractivity contribution in [3.63, 3.8) is 0 Å². The molecule has 0 aromatic heterocycles. The summed E-state index contributed by atoms with van der Waals surface area (Å²) >= 11 is 0. The number of aliphatic hydroxyl groups is 2. The van der Waals surface area contributed by atoms with Gasteiger partial charge < -0.3 is 15.1 Å². The third-order valence-electron chi connectivity index (χ3n) is 3.90. The molecule has 3 heteroatoms. The lowest BCUT2D eigenvalue weighted by Gasteiger charge is -2.24. The average Bonchev–Trinajstić information content (AvgIpc) is 2.80. The van der Waals surface area contributed by atoms with E-state index < -0.39 is 0 Å². The summed E-state index contributed by atoms with van der Waals surface area (Å²) in [6.45, 7) is 3.13. The predicted molar refractivity (Wildman–Crippen MR) is 58.6 cm³/mol. The zero-order valence-electron chi connectivity index (χ0n) is 9.23. The molecule has 2 aliphatic rings. The molecule has 0 aromatic rings. The van der Waals surface area contributed by atoms with Crippen molar-refractivity contribution < 1.29 is 15.1 Å². The summed E-state index contributed by atoms with van der Waals surface area (Å²) in [4.78, 5) is 1.35. The Kier molecular flexibility index (Phi) is 3.78. The molecule has 0 spiro atoms. The molecule has 3 atom stereocenters. The molecule has 0 heterocycles. The van der Waals surface area contributed by atoms with Gasteiger partial charge in [-0.25, -0.2) is 0 Å². The van der Waals surface area contributed by atoms with E-state index in [1.807, 2.05) is 0 Å². The van der Waals surface area contributed by atoms with E-state index in [9.17, 15) is 0 Å². The van der Waals surface area contributed by atoms with Gasteiger partial charge in [0.2, 0.25) is 0 Å². The third kappa shape index (κ3) is 2.60. The quantitative estimate of drug-likeness (QED) is 0.498. The molecular formula is C12H22NO2+. The molecule has 0 aromatic carbocycles. The largest absolute Gasteiger partial charge is 0.391 e. The normalized spacial score (nSPS) is 33.1. The minimum Gasteiger partial charge on any atom is -0.391 e. The second kappa shape index (κ2) is 5.10. The van der Waals surface area contributed by atoms with Crippen molar-refractivity contribution in [3.05, 3.63) is 12.2 Å². The van der Waals surface area contributed by atoms with Crippen LogP contribution in [0.5, 0.6) is 0 Å². The van der Waals surface area contributed by atoms with Crippen LogP contribution in [0, 0.1) is 17.8 Å². The highest BCUT2D eigenvalue weighted by molar-refractivity contribution is 5.09. The minimum absolute atomic E-state index is 0.228. The van der Waals surface area contributed by atoms with E-state index in [2.05, 4.69) is 12.2 Å². The fourth-order valence-electron chi connectivity index (χ4n) is 3.15. The molecule has 2 rings (SSSR count). The fraction of sp³-hybridized carbons (Fsp3) is 0.833. The summed E-state index contributed by atoms with van der Waals surface area (Å²) in [7, 11) is 0. The van der Waals surface area contributed by atoms with Crippen LogP contribution in [0.25, 0.3) is 0 Å². The van der Waals surface area contributed by atoms with Crippen LogP contribution < -0.4 is 4.90 Å². The molecule has 0 amide bonds. The first-order chi connectivity index (χ1) is 7.33. The lowest BCUT2D eigenvalue weighted by Crippen LogP contribution is -3.13. The number of hydrogen-bond donors (Lipinski definition) is 3. The summed E-state index contributed by atoms with van der Waals surface area (Å²) in [6, 6.07) is 0. The molecule has 0 unspecified atom stereocenters. The topological polar surface area (TPSA) is 44.9 Å². The Morgan fingerprint density at radius 3 is 2.27 bits per heavy atom. The van der Waals surface area contributed by atoms with Gasteiger partial charge in [-0.15, -0.1) is 0 Å². The van der Waals surface area contributed by atoms with Gasteiger partial charge in [0.25, 0.3) is 0 Å². The molecule has 3 nitrogen and oxygen atoms in total. The van der Waals surface area contributed by atoms with E-state index in [4.69, 9.17) is 10.2 Å². The van der Waals surface area contributed by atoms with Gasteiger partial charge in [0.05, 0.1) is 19.8 Å². The van der Waals surface area contributed by atoms with Gasteiger partial charge in [0.15, 0.2) is 0 Å². The van der Waals surface area contributed by atoms with Gasteiger partial charge in [0, 0.05) is 5.92 Å². The fourth-order valence-corrected chi connectivity index (χ4v) is 3.15. The summed E-state index contributed by atoms with van der Waals surface area (Å²) in [6.07, 6.45) is 7.39. The molecule has 15 heavy (non-hydrogen) atoms. The van der Waals surface area contributed by atoms with Gasteiger partial charge in [0.1, 0.15) is 13.1 Å². The van der Waals surface area contributed by atoms with Crippen molar-refractivity contribution in [2.45, 2.75) is 12.8 Å². The number of quaternary nitrogens is 1. The number of fused-ring (bicyclic) bond motifs is 2. The third-order valence-corrected chi connectivity index (χ3v) is 3.90. The molecule has 1 saturated carbocycles. The van der Waals surface area contributed by atoms with E-state index >= 15 is 0 Å². The van der Waals surface area contributed by atoms with Crippen molar-refractivity contribution in [2.75, 3.05) is 32.8 Å². The molecule has 86 valence electrons. The maximum absolute atomic E-state index is 8.95. The highest BCUT2D eigenvalue weighted by atomic mass is 16.3. The first kappa shape index (κ1) is 11.1. The number of allylic oxidation sites excluding steroid dienone is 2. The Morgan fingerprint density at radius 1 is 1.07 bits per heavy atom. The Labute approximate surface area is 91.4 Å². The number of rotatable bonds is 6. The van der Waals surface area contributed by atoms with Crippen molar-refractivity contribution in [3.8, 4) is 0 Å². The molecular weight excluding hydrogens is 190 g/mol. The SMILES string of the molecule is OCC[NH+](CCO)C[C@@H]1C[C@@H]2C=C[C@H]1C2. The number of nitrogens with one attached hydrogen (secondary N) is 1. The summed E-state index contributed by atoms with van der Waals surface area (Å²) in [5.74, 6) is 2.39. The highest BCUT2D eigenvalue weighted by Crippen LogP contribution is 2.42. The van der Waals surface area contributed by atoms with Crippen molar-refractivity contribution in [2.24, 2.45) is 17.8 Å². The zero-order valence-corrected chi connectivity index (χ0v) is 9.23. The monoisotopic (exact) mass is 212 g/mol. The molecule has 0 saturated heterocycles. The lowest BCUT2D eigenvalue weighted by atomic mass is 9.93. The summed E-state index contributed by atoms with van der Waals surface area (Å²) in [5.41, 5.74) is 0. The van der Waals surface area contributed by atoms with Crippen LogP contribution in [0.2, 0.25) is 0 Å². The van der Waals surface area contributed by atoms with Crippen molar-refractivity contribution >= 4 is 0 Å². The van der Waals surface area contributed by atoms with Gasteiger partial charge >= 0.3 is 0 Å². The molecule has 0 aliphatic heterocycles. The van der Waals surface area contributed by atoms with Crippen LogP contribution in [0.15, 0.2) is 12.2 Å². The molecule has 2 bridgehead atoms. The van der Waals surface area contributed by atoms with E-state index in [0.717, 1.165) is 37.4 Å². The van der Waals surface area contributed by atoms with Crippen molar-refractivity contribution in [1.29, 1.82) is 0 Å². The Bertz CT molecular complexity index is 224. The Hall–Kier alpha value is -0.380. The predicted octanol–water partition coefficient (Wildman–Crippen LogP) is -0.932. The second-order valence-electron chi connectivity index (χ2n) is 4.94. The van der Waals surface area contributed by atoms with Crippen molar-refractivity contribution in [1.82, 2.24) is 0 Å². The Balaban J connectivity index is 1.81. The first-order valence-corrected chi connectivity index (χ1v) is 6.07. The number of aliphatic hydroxyl groups excluding tert-OH is 2. The Morgan fingerprint density at radius 2 is 1.80 bits per heavy atom. The first-order valence-electron chi connectivity index (χ1n) is 6.07. The average molecular weight is 212 g/mol. The molecule has 1 fully saturated rings.